The first-order chi connectivity index (χ1) is 18.6. The van der Waals surface area contributed by atoms with E-state index in [2.05, 4.69) is 48.2 Å². The molecule has 1 aliphatic rings. The van der Waals surface area contributed by atoms with Gasteiger partial charge in [0.25, 0.3) is 0 Å². The Morgan fingerprint density at radius 3 is 2.28 bits per heavy atom. The minimum atomic E-state index is -0.539. The zero-order chi connectivity index (χ0) is 28.2. The number of ether oxygens (including phenoxy) is 2. The first-order valence-corrected chi connectivity index (χ1v) is 14.0. The molecule has 0 saturated carbocycles. The molecule has 0 radical (unpaired) electrons. The fourth-order valence-electron chi connectivity index (χ4n) is 5.10. The summed E-state index contributed by atoms with van der Waals surface area (Å²) in [6.07, 6.45) is 3.12. The van der Waals surface area contributed by atoms with Crippen molar-refractivity contribution >= 4 is 28.5 Å². The number of carbonyl (C=O) groups is 2. The minimum absolute atomic E-state index is 0.221. The zero-order valence-corrected chi connectivity index (χ0v) is 24.3. The van der Waals surface area contributed by atoms with Gasteiger partial charge < -0.3 is 14.4 Å². The summed E-state index contributed by atoms with van der Waals surface area (Å²) in [4.78, 5) is 26.0. The van der Waals surface area contributed by atoms with Gasteiger partial charge in [-0.2, -0.15) is 0 Å². The summed E-state index contributed by atoms with van der Waals surface area (Å²) >= 11 is 5.56. The first-order valence-electron chi connectivity index (χ1n) is 13.6. The summed E-state index contributed by atoms with van der Waals surface area (Å²) in [5.41, 5.74) is 6.60. The van der Waals surface area contributed by atoms with Gasteiger partial charge in [0, 0.05) is 31.3 Å². The number of anilines is 1. The molecule has 1 aliphatic carbocycles. The van der Waals surface area contributed by atoms with Crippen LogP contribution in [0, 0.1) is 5.41 Å². The highest BCUT2D eigenvalue weighted by molar-refractivity contribution is 6.63. The Morgan fingerprint density at radius 2 is 1.64 bits per heavy atom. The van der Waals surface area contributed by atoms with Crippen LogP contribution in [-0.4, -0.2) is 24.9 Å². The van der Waals surface area contributed by atoms with Gasteiger partial charge in [0.1, 0.15) is 11.5 Å². The van der Waals surface area contributed by atoms with Crippen molar-refractivity contribution in [2.75, 3.05) is 18.6 Å². The second kappa shape index (κ2) is 12.3. The Morgan fingerprint density at radius 1 is 0.949 bits per heavy atom. The smallest absolute Gasteiger partial charge is 0.316 e. The number of fused-ring (bicyclic) bond motifs is 1. The van der Waals surface area contributed by atoms with Crippen LogP contribution in [-0.2, 0) is 35.4 Å². The molecule has 1 atom stereocenters. The molecule has 0 spiro atoms. The Hall–Kier alpha value is -3.31. The van der Waals surface area contributed by atoms with E-state index in [1.807, 2.05) is 45.0 Å². The number of halogens is 1. The van der Waals surface area contributed by atoms with Gasteiger partial charge in [-0.1, -0.05) is 36.4 Å². The lowest BCUT2D eigenvalue weighted by Crippen LogP contribution is -2.26. The molecule has 1 unspecified atom stereocenters. The van der Waals surface area contributed by atoms with Crippen LogP contribution < -0.4 is 14.4 Å². The van der Waals surface area contributed by atoms with Crippen molar-refractivity contribution in [1.29, 1.82) is 0 Å². The summed E-state index contributed by atoms with van der Waals surface area (Å²) in [6, 6.07) is 20.5. The molecule has 5 nitrogen and oxygen atoms in total. The lowest BCUT2D eigenvalue weighted by Gasteiger charge is -2.32. The molecule has 0 amide bonds. The largest absolute Gasteiger partial charge is 0.497 e. The van der Waals surface area contributed by atoms with Crippen LogP contribution in [0.3, 0.4) is 0 Å². The lowest BCUT2D eigenvalue weighted by atomic mass is 9.79. The van der Waals surface area contributed by atoms with E-state index in [1.54, 1.807) is 7.11 Å². The van der Waals surface area contributed by atoms with Crippen molar-refractivity contribution in [3.05, 3.63) is 88.5 Å². The molecule has 6 heteroatoms. The Kier molecular flexibility index (Phi) is 9.01. The van der Waals surface area contributed by atoms with Crippen LogP contribution in [0.15, 0.2) is 60.7 Å². The number of nitrogens with zero attached hydrogens (tertiary/aromatic N) is 1. The van der Waals surface area contributed by atoms with Gasteiger partial charge in [-0.15, -0.1) is 0 Å². The molecule has 0 aromatic heterocycles. The summed E-state index contributed by atoms with van der Waals surface area (Å²) in [5.74, 6) is 1.61. The van der Waals surface area contributed by atoms with Crippen molar-refractivity contribution in [3.8, 4) is 11.5 Å². The van der Waals surface area contributed by atoms with E-state index < -0.39 is 5.41 Å². The molecule has 0 saturated heterocycles. The maximum Gasteiger partial charge on any atom is 0.316 e. The fourth-order valence-corrected chi connectivity index (χ4v) is 5.26. The van der Waals surface area contributed by atoms with Crippen LogP contribution in [0.25, 0.3) is 0 Å². The van der Waals surface area contributed by atoms with Crippen molar-refractivity contribution in [2.24, 2.45) is 5.41 Å². The molecule has 3 aromatic rings. The number of rotatable bonds is 9. The summed E-state index contributed by atoms with van der Waals surface area (Å²) in [7, 11) is 1.70. The van der Waals surface area contributed by atoms with E-state index in [9.17, 15) is 9.59 Å². The number of hydrogen-bond donors (Lipinski definition) is 0. The van der Waals surface area contributed by atoms with Crippen molar-refractivity contribution < 1.29 is 19.1 Å². The maximum absolute atomic E-state index is 12.4. The Balaban J connectivity index is 1.56. The predicted octanol–water partition coefficient (Wildman–Crippen LogP) is 7.25. The van der Waals surface area contributed by atoms with Crippen molar-refractivity contribution in [1.82, 2.24) is 0 Å². The third-order valence-corrected chi connectivity index (χ3v) is 7.50. The standard InChI is InChI=1S/C33H38ClNO4/c1-6-35(21-23-9-7-22(8-10-23)17-31(34)36)30-20-27(38-5)15-16-29(30)26-12-11-25-19-28(14-13-24(25)18-26)39-32(37)33(2,3)4/h7-10,13-16,19-20,26H,6,11-12,17-18,21H2,1-5H3. The summed E-state index contributed by atoms with van der Waals surface area (Å²) < 4.78 is 11.3. The van der Waals surface area contributed by atoms with E-state index >= 15 is 0 Å². The fraction of sp³-hybridized carbons (Fsp3) is 0.394. The molecule has 206 valence electrons. The van der Waals surface area contributed by atoms with Gasteiger partial charge in [0.05, 0.1) is 12.5 Å². The van der Waals surface area contributed by atoms with Gasteiger partial charge >= 0.3 is 5.97 Å². The molecule has 0 fully saturated rings. The molecule has 0 aliphatic heterocycles. The van der Waals surface area contributed by atoms with Gasteiger partial charge in [-0.3, -0.25) is 9.59 Å². The van der Waals surface area contributed by atoms with Crippen LogP contribution in [0.5, 0.6) is 11.5 Å². The highest BCUT2D eigenvalue weighted by atomic mass is 35.5. The molecule has 0 bridgehead atoms. The normalized spacial score (nSPS) is 14.9. The quantitative estimate of drug-likeness (QED) is 0.160. The number of aryl methyl sites for hydroxylation is 1. The first kappa shape index (κ1) is 28.7. The Labute approximate surface area is 237 Å². The molecule has 4 rings (SSSR count). The van der Waals surface area contributed by atoms with Crippen LogP contribution >= 0.6 is 11.6 Å². The van der Waals surface area contributed by atoms with E-state index in [1.165, 1.54) is 27.9 Å². The number of methoxy groups -OCH3 is 1. The number of carbonyl (C=O) groups excluding carboxylic acids is 2. The highest BCUT2D eigenvalue weighted by Gasteiger charge is 2.27. The van der Waals surface area contributed by atoms with Crippen LogP contribution in [0.1, 0.15) is 67.9 Å². The Bertz CT molecular complexity index is 1330. The van der Waals surface area contributed by atoms with Gasteiger partial charge in [0.2, 0.25) is 5.24 Å². The predicted molar refractivity (Wildman–Crippen MR) is 157 cm³/mol. The summed E-state index contributed by atoms with van der Waals surface area (Å²) in [6.45, 7) is 9.35. The van der Waals surface area contributed by atoms with Gasteiger partial charge in [-0.25, -0.2) is 0 Å². The second-order valence-corrected chi connectivity index (χ2v) is 11.7. The van der Waals surface area contributed by atoms with Crippen LogP contribution in [0.2, 0.25) is 0 Å². The van der Waals surface area contributed by atoms with E-state index in [0.29, 0.717) is 11.7 Å². The monoisotopic (exact) mass is 547 g/mol. The van der Waals surface area contributed by atoms with E-state index in [4.69, 9.17) is 21.1 Å². The van der Waals surface area contributed by atoms with Gasteiger partial charge in [0.15, 0.2) is 0 Å². The van der Waals surface area contributed by atoms with E-state index in [0.717, 1.165) is 43.7 Å². The third kappa shape index (κ3) is 7.21. The molecule has 39 heavy (non-hydrogen) atoms. The molecule has 0 heterocycles. The summed E-state index contributed by atoms with van der Waals surface area (Å²) in [5, 5.41) is -0.352. The van der Waals surface area contributed by atoms with E-state index in [-0.39, 0.29) is 17.6 Å². The topological polar surface area (TPSA) is 55.8 Å². The minimum Gasteiger partial charge on any atom is -0.497 e. The zero-order valence-electron chi connectivity index (χ0n) is 23.6. The highest BCUT2D eigenvalue weighted by Crippen LogP contribution is 2.40. The molecule has 3 aromatic carbocycles. The number of esters is 1. The average Bonchev–Trinajstić information content (AvgIpc) is 2.91. The molecule has 0 N–H and O–H groups in total. The molecular formula is C33H38ClNO4. The van der Waals surface area contributed by atoms with Gasteiger partial charge in [-0.05, 0) is 110 Å². The number of benzene rings is 3. The average molecular weight is 548 g/mol. The van der Waals surface area contributed by atoms with Crippen molar-refractivity contribution in [2.45, 2.75) is 65.8 Å². The van der Waals surface area contributed by atoms with Crippen molar-refractivity contribution in [3.63, 3.8) is 0 Å². The van der Waals surface area contributed by atoms with Crippen LogP contribution in [0.4, 0.5) is 5.69 Å². The lowest BCUT2D eigenvalue weighted by molar-refractivity contribution is -0.143. The SMILES string of the molecule is CCN(Cc1ccc(CC(=O)Cl)cc1)c1cc(OC)ccc1C1CCc2cc(OC(=O)C(C)(C)C)ccc2C1. The molecular weight excluding hydrogens is 510 g/mol. The second-order valence-electron chi connectivity index (χ2n) is 11.3. The third-order valence-electron chi connectivity index (χ3n) is 7.37. The maximum atomic E-state index is 12.4. The number of hydrogen-bond acceptors (Lipinski definition) is 5.